The van der Waals surface area contributed by atoms with E-state index in [1.54, 1.807) is 7.11 Å². The van der Waals surface area contributed by atoms with Gasteiger partial charge in [-0.2, -0.15) is 0 Å². The van der Waals surface area contributed by atoms with Gasteiger partial charge < -0.3 is 9.64 Å². The highest BCUT2D eigenvalue weighted by atomic mass is 32.2. The first kappa shape index (κ1) is 15.3. The highest BCUT2D eigenvalue weighted by Gasteiger charge is 2.46. The summed E-state index contributed by atoms with van der Waals surface area (Å²) in [7, 11) is 1.72. The fourth-order valence-corrected chi connectivity index (χ4v) is 6.75. The Bertz CT molecular complexity index is 640. The molecule has 0 amide bonds. The van der Waals surface area contributed by atoms with Gasteiger partial charge in [-0.1, -0.05) is 30.3 Å². The Balaban J connectivity index is 1.59. The molecule has 0 unspecified atom stereocenters. The van der Waals surface area contributed by atoms with Crippen LogP contribution in [0, 0.1) is 0 Å². The summed E-state index contributed by atoms with van der Waals surface area (Å²) in [6.07, 6.45) is 0. The topological polar surface area (TPSA) is 12.5 Å². The second-order valence-electron chi connectivity index (χ2n) is 5.97. The summed E-state index contributed by atoms with van der Waals surface area (Å²) in [5, 5.41) is 0. The summed E-state index contributed by atoms with van der Waals surface area (Å²) >= 11 is 4.25. The number of anilines is 1. The lowest BCUT2D eigenvalue weighted by molar-refractivity contribution is 0.401. The number of hydrogen-bond acceptors (Lipinski definition) is 4. The maximum Gasteiger partial charge on any atom is 0.119 e. The van der Waals surface area contributed by atoms with E-state index >= 15 is 0 Å². The molecule has 2 nitrogen and oxygen atoms in total. The van der Waals surface area contributed by atoms with Crippen LogP contribution in [0.1, 0.15) is 11.5 Å². The standard InChI is InChI=1S/C19H21NOS2/c1-21-16-9-7-15(8-10-16)20-13-17(14-5-3-2-4-6-14)18(20)19-22-11-12-23-19/h2-10,17-19H,11-13H2,1H3/t17-,18-/m1/s1. The van der Waals surface area contributed by atoms with Crippen LogP contribution in [0.4, 0.5) is 5.69 Å². The first-order valence-corrected chi connectivity index (χ1v) is 10.2. The summed E-state index contributed by atoms with van der Waals surface area (Å²) in [4.78, 5) is 2.58. The minimum absolute atomic E-state index is 0.586. The quantitative estimate of drug-likeness (QED) is 0.811. The van der Waals surface area contributed by atoms with Crippen molar-refractivity contribution in [3.05, 3.63) is 60.2 Å². The van der Waals surface area contributed by atoms with E-state index in [4.69, 9.17) is 4.74 Å². The van der Waals surface area contributed by atoms with Crippen LogP contribution in [0.5, 0.6) is 5.75 Å². The number of ether oxygens (including phenoxy) is 1. The molecule has 2 aliphatic heterocycles. The molecule has 4 rings (SSSR count). The second kappa shape index (κ2) is 6.70. The van der Waals surface area contributed by atoms with Gasteiger partial charge >= 0.3 is 0 Å². The van der Waals surface area contributed by atoms with Gasteiger partial charge in [0.25, 0.3) is 0 Å². The summed E-state index contributed by atoms with van der Waals surface area (Å²) in [5.41, 5.74) is 2.80. The fourth-order valence-electron chi connectivity index (χ4n) is 3.49. The lowest BCUT2D eigenvalue weighted by atomic mass is 9.83. The van der Waals surface area contributed by atoms with Gasteiger partial charge in [-0.15, -0.1) is 23.5 Å². The van der Waals surface area contributed by atoms with Crippen LogP contribution in [-0.4, -0.2) is 35.8 Å². The molecule has 0 saturated carbocycles. The lowest BCUT2D eigenvalue weighted by Crippen LogP contribution is -2.58. The Kier molecular flexibility index (Phi) is 4.45. The average Bonchev–Trinajstić information content (AvgIpc) is 3.09. The maximum atomic E-state index is 5.29. The molecule has 23 heavy (non-hydrogen) atoms. The third-order valence-corrected chi connectivity index (χ3v) is 7.89. The van der Waals surface area contributed by atoms with Crippen LogP contribution in [0.2, 0.25) is 0 Å². The van der Waals surface area contributed by atoms with E-state index in [9.17, 15) is 0 Å². The Hall–Kier alpha value is -1.26. The van der Waals surface area contributed by atoms with Gasteiger partial charge in [-0.05, 0) is 29.8 Å². The molecule has 2 saturated heterocycles. The minimum atomic E-state index is 0.586. The van der Waals surface area contributed by atoms with Crippen molar-refractivity contribution in [1.82, 2.24) is 0 Å². The molecule has 120 valence electrons. The van der Waals surface area contributed by atoms with Crippen molar-refractivity contribution in [2.75, 3.05) is 30.1 Å². The van der Waals surface area contributed by atoms with Crippen LogP contribution in [0.15, 0.2) is 54.6 Å². The maximum absolute atomic E-state index is 5.29. The van der Waals surface area contributed by atoms with E-state index in [-0.39, 0.29) is 0 Å². The van der Waals surface area contributed by atoms with Crippen LogP contribution < -0.4 is 9.64 Å². The molecule has 0 bridgehead atoms. The van der Waals surface area contributed by atoms with Gasteiger partial charge in [0.2, 0.25) is 0 Å². The molecule has 4 heteroatoms. The molecule has 2 aromatic rings. The molecular weight excluding hydrogens is 322 g/mol. The van der Waals surface area contributed by atoms with Gasteiger partial charge in [0.05, 0.1) is 17.7 Å². The Morgan fingerprint density at radius 2 is 1.65 bits per heavy atom. The first-order valence-electron chi connectivity index (χ1n) is 8.05. The Morgan fingerprint density at radius 3 is 2.30 bits per heavy atom. The van der Waals surface area contributed by atoms with Gasteiger partial charge in [0.15, 0.2) is 0 Å². The predicted molar refractivity (Wildman–Crippen MR) is 102 cm³/mol. The summed E-state index contributed by atoms with van der Waals surface area (Å²) in [6.45, 7) is 1.11. The number of rotatable bonds is 4. The largest absolute Gasteiger partial charge is 0.497 e. The summed E-state index contributed by atoms with van der Waals surface area (Å²) in [5.74, 6) is 4.13. The zero-order valence-corrected chi connectivity index (χ0v) is 14.9. The van der Waals surface area contributed by atoms with E-state index in [0.717, 1.165) is 12.3 Å². The minimum Gasteiger partial charge on any atom is -0.497 e. The van der Waals surface area contributed by atoms with Crippen LogP contribution in [0.25, 0.3) is 0 Å². The van der Waals surface area contributed by atoms with Gasteiger partial charge in [0.1, 0.15) is 5.75 Å². The molecule has 0 N–H and O–H groups in total. The number of methoxy groups -OCH3 is 1. The Morgan fingerprint density at radius 1 is 0.957 bits per heavy atom. The molecule has 0 radical (unpaired) electrons. The molecular formula is C19H21NOS2. The van der Waals surface area contributed by atoms with Crippen molar-refractivity contribution in [2.24, 2.45) is 0 Å². The molecule has 0 spiro atoms. The molecule has 0 aliphatic carbocycles. The van der Waals surface area contributed by atoms with Crippen molar-refractivity contribution in [2.45, 2.75) is 16.5 Å². The van der Waals surface area contributed by atoms with Crippen LogP contribution in [0.3, 0.4) is 0 Å². The van der Waals surface area contributed by atoms with Crippen molar-refractivity contribution >= 4 is 29.2 Å². The van der Waals surface area contributed by atoms with Crippen molar-refractivity contribution < 1.29 is 4.74 Å². The van der Waals surface area contributed by atoms with E-state index in [1.807, 2.05) is 0 Å². The second-order valence-corrected chi connectivity index (χ2v) is 8.77. The van der Waals surface area contributed by atoms with Crippen molar-refractivity contribution in [3.8, 4) is 5.75 Å². The van der Waals surface area contributed by atoms with Crippen molar-refractivity contribution in [3.63, 3.8) is 0 Å². The third kappa shape index (κ3) is 2.94. The zero-order valence-electron chi connectivity index (χ0n) is 13.2. The molecule has 2 fully saturated rings. The van der Waals surface area contributed by atoms with Gasteiger partial charge in [-0.25, -0.2) is 0 Å². The predicted octanol–water partition coefficient (Wildman–Crippen LogP) is 4.47. The molecule has 2 aromatic carbocycles. The molecule has 2 aliphatic rings. The highest BCUT2D eigenvalue weighted by Crippen LogP contribution is 2.48. The molecule has 2 atom stereocenters. The van der Waals surface area contributed by atoms with Gasteiger partial charge in [-0.3, -0.25) is 0 Å². The third-order valence-electron chi connectivity index (χ3n) is 4.72. The lowest BCUT2D eigenvalue weighted by Gasteiger charge is -2.52. The summed E-state index contributed by atoms with van der Waals surface area (Å²) in [6, 6.07) is 20.1. The first-order chi connectivity index (χ1) is 11.4. The van der Waals surface area contributed by atoms with E-state index < -0.39 is 0 Å². The average molecular weight is 344 g/mol. The van der Waals surface area contributed by atoms with Crippen LogP contribution in [-0.2, 0) is 0 Å². The SMILES string of the molecule is COc1ccc(N2C[C@H](c3ccccc3)[C@@H]2C2SCCS2)cc1. The smallest absolute Gasteiger partial charge is 0.119 e. The van der Waals surface area contributed by atoms with Crippen molar-refractivity contribution in [1.29, 1.82) is 0 Å². The molecule has 0 aromatic heterocycles. The normalized spacial score (nSPS) is 24.5. The number of thioether (sulfide) groups is 2. The van der Waals surface area contributed by atoms with E-state index in [1.165, 1.54) is 22.8 Å². The highest BCUT2D eigenvalue weighted by molar-refractivity contribution is 8.20. The number of nitrogens with zero attached hydrogens (tertiary/aromatic N) is 1. The van der Waals surface area contributed by atoms with Gasteiger partial charge in [0, 0.05) is 29.7 Å². The monoisotopic (exact) mass is 343 g/mol. The number of hydrogen-bond donors (Lipinski definition) is 0. The zero-order chi connectivity index (χ0) is 15.6. The molecule has 2 heterocycles. The Labute approximate surface area is 146 Å². The fraction of sp³-hybridized carbons (Fsp3) is 0.368. The van der Waals surface area contributed by atoms with E-state index in [2.05, 4.69) is 83.0 Å². The number of benzene rings is 2. The summed E-state index contributed by atoms with van der Waals surface area (Å²) < 4.78 is 5.97. The van der Waals surface area contributed by atoms with E-state index in [0.29, 0.717) is 16.5 Å². The van der Waals surface area contributed by atoms with Crippen LogP contribution >= 0.6 is 23.5 Å².